The molecule has 15 heavy (non-hydrogen) atoms. The van der Waals surface area contributed by atoms with Gasteiger partial charge in [-0.1, -0.05) is 24.3 Å². The van der Waals surface area contributed by atoms with Crippen LogP contribution in [0.15, 0.2) is 41.6 Å². The van der Waals surface area contributed by atoms with E-state index in [-0.39, 0.29) is 0 Å². The Kier molecular flexibility index (Phi) is 2.63. The molecule has 76 valence electrons. The summed E-state index contributed by atoms with van der Waals surface area (Å²) in [5.74, 6) is 0. The largest absolute Gasteiger partial charge is 0.313 e. The van der Waals surface area contributed by atoms with Crippen LogP contribution >= 0.6 is 0 Å². The third-order valence-corrected chi connectivity index (χ3v) is 2.28. The normalized spacial score (nSPS) is 11.7. The minimum Gasteiger partial charge on any atom is -0.313 e. The Hall–Kier alpha value is -1.90. The van der Waals surface area contributed by atoms with E-state index in [1.165, 1.54) is 5.39 Å². The van der Waals surface area contributed by atoms with Crippen LogP contribution in [0.3, 0.4) is 0 Å². The fourth-order valence-corrected chi connectivity index (χ4v) is 1.51. The molecule has 0 bridgehead atoms. The van der Waals surface area contributed by atoms with E-state index in [0.717, 1.165) is 16.8 Å². The summed E-state index contributed by atoms with van der Waals surface area (Å²) in [7, 11) is 1.78. The molecule has 3 nitrogen and oxygen atoms in total. The van der Waals surface area contributed by atoms with E-state index >= 15 is 0 Å². The monoisotopic (exact) mass is 199 g/mol. The maximum absolute atomic E-state index is 4.35. The SMILES string of the molecule is CN/N=C(\C)c1cc2ccccc2cn1. The van der Waals surface area contributed by atoms with Crippen LogP contribution < -0.4 is 5.43 Å². The van der Waals surface area contributed by atoms with Crippen molar-refractivity contribution in [1.82, 2.24) is 10.4 Å². The van der Waals surface area contributed by atoms with Gasteiger partial charge in [0.25, 0.3) is 0 Å². The number of aromatic nitrogens is 1. The Morgan fingerprint density at radius 3 is 2.73 bits per heavy atom. The van der Waals surface area contributed by atoms with Crippen LogP contribution in [0.5, 0.6) is 0 Å². The third-order valence-electron chi connectivity index (χ3n) is 2.28. The van der Waals surface area contributed by atoms with Crippen molar-refractivity contribution < 1.29 is 0 Å². The standard InChI is InChI=1S/C12H13N3/c1-9(15-13-2)12-7-10-5-3-4-6-11(10)8-14-12/h3-8,13H,1-2H3/b15-9+. The van der Waals surface area contributed by atoms with Crippen molar-refractivity contribution in [2.45, 2.75) is 6.92 Å². The summed E-state index contributed by atoms with van der Waals surface area (Å²) in [6.45, 7) is 1.94. The van der Waals surface area contributed by atoms with Gasteiger partial charge in [0, 0.05) is 18.6 Å². The lowest BCUT2D eigenvalue weighted by molar-refractivity contribution is 0.898. The van der Waals surface area contributed by atoms with Gasteiger partial charge in [0.2, 0.25) is 0 Å². The van der Waals surface area contributed by atoms with Gasteiger partial charge in [-0.25, -0.2) is 0 Å². The van der Waals surface area contributed by atoms with Gasteiger partial charge in [-0.2, -0.15) is 5.10 Å². The Balaban J connectivity index is 2.51. The number of rotatable bonds is 2. The molecule has 0 saturated carbocycles. The summed E-state index contributed by atoms with van der Waals surface area (Å²) in [5.41, 5.74) is 4.56. The van der Waals surface area contributed by atoms with Gasteiger partial charge < -0.3 is 5.43 Å². The minimum absolute atomic E-state index is 0.892. The van der Waals surface area contributed by atoms with E-state index in [0.29, 0.717) is 0 Å². The number of hydrazone groups is 1. The summed E-state index contributed by atoms with van der Waals surface area (Å²) in [6, 6.07) is 10.2. The zero-order valence-electron chi connectivity index (χ0n) is 8.86. The van der Waals surface area contributed by atoms with Crippen molar-refractivity contribution in [3.8, 4) is 0 Å². The van der Waals surface area contributed by atoms with Crippen LogP contribution in [0, 0.1) is 0 Å². The highest BCUT2D eigenvalue weighted by Gasteiger charge is 2.00. The molecule has 0 saturated heterocycles. The van der Waals surface area contributed by atoms with E-state index in [1.807, 2.05) is 31.3 Å². The first kappa shape index (κ1) is 9.65. The van der Waals surface area contributed by atoms with Crippen molar-refractivity contribution in [1.29, 1.82) is 0 Å². The summed E-state index contributed by atoms with van der Waals surface area (Å²) >= 11 is 0. The molecule has 0 spiro atoms. The van der Waals surface area contributed by atoms with Gasteiger partial charge >= 0.3 is 0 Å². The Bertz CT molecular complexity index is 503. The fraction of sp³-hybridized carbons (Fsp3) is 0.167. The topological polar surface area (TPSA) is 37.3 Å². The second-order valence-corrected chi connectivity index (χ2v) is 3.34. The maximum Gasteiger partial charge on any atom is 0.0865 e. The second-order valence-electron chi connectivity index (χ2n) is 3.34. The average Bonchev–Trinajstić information content (AvgIpc) is 2.29. The lowest BCUT2D eigenvalue weighted by atomic mass is 10.1. The predicted molar refractivity (Wildman–Crippen MR) is 63.0 cm³/mol. The van der Waals surface area contributed by atoms with Crippen molar-refractivity contribution in [3.63, 3.8) is 0 Å². The maximum atomic E-state index is 4.35. The number of nitrogens with zero attached hydrogens (tertiary/aromatic N) is 2. The van der Waals surface area contributed by atoms with E-state index in [2.05, 4.69) is 27.6 Å². The first-order chi connectivity index (χ1) is 7.31. The van der Waals surface area contributed by atoms with Gasteiger partial charge in [-0.15, -0.1) is 0 Å². The molecule has 0 aliphatic heterocycles. The summed E-state index contributed by atoms with van der Waals surface area (Å²) < 4.78 is 0. The van der Waals surface area contributed by atoms with Gasteiger partial charge in [0.05, 0.1) is 11.4 Å². The number of pyridine rings is 1. The highest BCUT2D eigenvalue weighted by Crippen LogP contribution is 2.13. The van der Waals surface area contributed by atoms with Crippen LogP contribution in [0.1, 0.15) is 12.6 Å². The van der Waals surface area contributed by atoms with Crippen LogP contribution in [-0.4, -0.2) is 17.7 Å². The lowest BCUT2D eigenvalue weighted by Crippen LogP contribution is -2.04. The molecule has 1 heterocycles. The third kappa shape index (κ3) is 1.96. The van der Waals surface area contributed by atoms with Gasteiger partial charge in [-0.05, 0) is 18.4 Å². The first-order valence-electron chi connectivity index (χ1n) is 4.87. The Morgan fingerprint density at radius 2 is 2.00 bits per heavy atom. The highest BCUT2D eigenvalue weighted by molar-refractivity contribution is 5.99. The fourth-order valence-electron chi connectivity index (χ4n) is 1.51. The molecule has 2 rings (SSSR count). The van der Waals surface area contributed by atoms with E-state index < -0.39 is 0 Å². The van der Waals surface area contributed by atoms with Gasteiger partial charge in [0.1, 0.15) is 0 Å². The zero-order valence-corrected chi connectivity index (χ0v) is 8.86. The molecular formula is C12H13N3. The van der Waals surface area contributed by atoms with E-state index in [4.69, 9.17) is 0 Å². The molecule has 3 heteroatoms. The van der Waals surface area contributed by atoms with E-state index in [1.54, 1.807) is 7.05 Å². The molecule has 0 unspecified atom stereocenters. The quantitative estimate of drug-likeness (QED) is 0.594. The number of fused-ring (bicyclic) bond motifs is 1. The smallest absolute Gasteiger partial charge is 0.0865 e. The molecule has 1 aromatic heterocycles. The molecule has 0 atom stereocenters. The van der Waals surface area contributed by atoms with Gasteiger partial charge in [0.15, 0.2) is 0 Å². The lowest BCUT2D eigenvalue weighted by Gasteiger charge is -2.02. The van der Waals surface area contributed by atoms with Crippen LogP contribution in [0.4, 0.5) is 0 Å². The van der Waals surface area contributed by atoms with Crippen molar-refractivity contribution in [3.05, 3.63) is 42.2 Å². The average molecular weight is 199 g/mol. The summed E-state index contributed by atoms with van der Waals surface area (Å²) in [6.07, 6.45) is 1.87. The van der Waals surface area contributed by atoms with Crippen LogP contribution in [-0.2, 0) is 0 Å². The van der Waals surface area contributed by atoms with Crippen LogP contribution in [0.25, 0.3) is 10.8 Å². The van der Waals surface area contributed by atoms with Crippen LogP contribution in [0.2, 0.25) is 0 Å². The molecule has 0 aliphatic rings. The predicted octanol–water partition coefficient (Wildman–Crippen LogP) is 2.18. The Morgan fingerprint density at radius 1 is 1.27 bits per heavy atom. The highest BCUT2D eigenvalue weighted by atomic mass is 15.3. The molecule has 0 aliphatic carbocycles. The molecular weight excluding hydrogens is 186 g/mol. The van der Waals surface area contributed by atoms with Gasteiger partial charge in [-0.3, -0.25) is 4.98 Å². The number of hydrogen-bond acceptors (Lipinski definition) is 3. The summed E-state index contributed by atoms with van der Waals surface area (Å²) in [4.78, 5) is 4.35. The van der Waals surface area contributed by atoms with Crippen molar-refractivity contribution in [2.75, 3.05) is 7.05 Å². The number of nitrogens with one attached hydrogen (secondary N) is 1. The molecule has 1 aromatic carbocycles. The molecule has 1 N–H and O–H groups in total. The minimum atomic E-state index is 0.892. The molecule has 2 aromatic rings. The van der Waals surface area contributed by atoms with E-state index in [9.17, 15) is 0 Å². The molecule has 0 radical (unpaired) electrons. The molecule has 0 amide bonds. The van der Waals surface area contributed by atoms with Crippen molar-refractivity contribution >= 4 is 16.5 Å². The number of hydrogen-bond donors (Lipinski definition) is 1. The first-order valence-corrected chi connectivity index (χ1v) is 4.87. The molecule has 0 fully saturated rings. The zero-order chi connectivity index (χ0) is 10.7. The number of benzene rings is 1. The summed E-state index contributed by atoms with van der Waals surface area (Å²) in [5, 5.41) is 6.45. The second kappa shape index (κ2) is 4.09. The Labute approximate surface area is 88.8 Å². The van der Waals surface area contributed by atoms with Crippen molar-refractivity contribution in [2.24, 2.45) is 5.10 Å².